The third-order valence-corrected chi connectivity index (χ3v) is 12.6. The zero-order chi connectivity index (χ0) is 51.0. The molecule has 402 valence electrons. The Balaban J connectivity index is 1.79. The molecule has 0 aromatic rings. The van der Waals surface area contributed by atoms with Gasteiger partial charge in [0.25, 0.3) is 0 Å². The van der Waals surface area contributed by atoms with Crippen molar-refractivity contribution < 1.29 is 64.6 Å². The molecule has 2 fully saturated rings. The molecule has 0 bridgehead atoms. The lowest BCUT2D eigenvalue weighted by Crippen LogP contribution is -2.65. The summed E-state index contributed by atoms with van der Waals surface area (Å²) in [6.07, 6.45) is 37.3. The van der Waals surface area contributed by atoms with Gasteiger partial charge in [-0.05, 0) is 70.6 Å². The van der Waals surface area contributed by atoms with Crippen LogP contribution in [0.25, 0.3) is 0 Å². The van der Waals surface area contributed by atoms with Crippen LogP contribution < -0.4 is 5.32 Å². The number of allylic oxidation sites excluding steroid dienone is 14. The van der Waals surface area contributed by atoms with E-state index in [2.05, 4.69) is 104 Å². The maximum absolute atomic E-state index is 13.2. The van der Waals surface area contributed by atoms with Crippen LogP contribution in [0.15, 0.2) is 85.1 Å². The largest absolute Gasteiger partial charge is 0.394 e. The Bertz CT molecular complexity index is 1500. The molecule has 12 atom stereocenters. The van der Waals surface area contributed by atoms with Gasteiger partial charge < -0.3 is 65.1 Å². The molecule has 2 rings (SSSR count). The van der Waals surface area contributed by atoms with Gasteiger partial charge in [-0.1, -0.05) is 176 Å². The van der Waals surface area contributed by atoms with Crippen LogP contribution in [0.1, 0.15) is 168 Å². The summed E-state index contributed by atoms with van der Waals surface area (Å²) in [4.78, 5) is 13.2. The number of hydrogen-bond acceptors (Lipinski definition) is 13. The molecule has 0 aromatic carbocycles. The maximum atomic E-state index is 13.2. The van der Waals surface area contributed by atoms with Crippen LogP contribution in [0.2, 0.25) is 0 Å². The van der Waals surface area contributed by atoms with Crippen LogP contribution >= 0.6 is 0 Å². The lowest BCUT2D eigenvalue weighted by molar-refractivity contribution is -0.359. The van der Waals surface area contributed by atoms with Crippen LogP contribution in [-0.2, 0) is 23.7 Å². The molecule has 2 aliphatic heterocycles. The predicted molar refractivity (Wildman–Crippen MR) is 276 cm³/mol. The van der Waals surface area contributed by atoms with Gasteiger partial charge in [0, 0.05) is 6.42 Å². The fourth-order valence-corrected chi connectivity index (χ4v) is 8.27. The Morgan fingerprint density at radius 3 is 1.50 bits per heavy atom. The first-order valence-corrected chi connectivity index (χ1v) is 26.8. The van der Waals surface area contributed by atoms with E-state index in [4.69, 9.17) is 18.9 Å². The Morgan fingerprint density at radius 2 is 0.986 bits per heavy atom. The molecule has 0 radical (unpaired) electrons. The summed E-state index contributed by atoms with van der Waals surface area (Å²) in [5.41, 5.74) is 0. The van der Waals surface area contributed by atoms with E-state index in [1.807, 2.05) is 0 Å². The van der Waals surface area contributed by atoms with E-state index >= 15 is 0 Å². The first-order valence-electron chi connectivity index (χ1n) is 26.8. The summed E-state index contributed by atoms with van der Waals surface area (Å²) >= 11 is 0. The minimum absolute atomic E-state index is 0.244. The molecule has 1 amide bonds. The number of unbranched alkanes of at least 4 members (excludes halogenated alkanes) is 13. The number of hydrogen-bond donors (Lipinski definition) is 9. The van der Waals surface area contributed by atoms with Crippen molar-refractivity contribution in [3.05, 3.63) is 85.1 Å². The second-order valence-corrected chi connectivity index (χ2v) is 18.6. The van der Waals surface area contributed by atoms with E-state index < -0.39 is 86.8 Å². The average Bonchev–Trinajstić information content (AvgIpc) is 3.36. The second kappa shape index (κ2) is 41.6. The Morgan fingerprint density at radius 1 is 0.529 bits per heavy atom. The molecule has 0 saturated carbocycles. The van der Waals surface area contributed by atoms with Gasteiger partial charge >= 0.3 is 0 Å². The van der Waals surface area contributed by atoms with Crippen molar-refractivity contribution in [3.63, 3.8) is 0 Å². The molecular weight excluding hydrogens is 895 g/mol. The predicted octanol–water partition coefficient (Wildman–Crippen LogP) is 7.77. The summed E-state index contributed by atoms with van der Waals surface area (Å²) in [7, 11) is 0. The van der Waals surface area contributed by atoms with Gasteiger partial charge in [-0.3, -0.25) is 4.79 Å². The monoisotopic (exact) mass is 990 g/mol. The zero-order valence-electron chi connectivity index (χ0n) is 42.7. The van der Waals surface area contributed by atoms with Crippen molar-refractivity contribution in [3.8, 4) is 0 Å². The van der Waals surface area contributed by atoms with E-state index in [1.54, 1.807) is 0 Å². The van der Waals surface area contributed by atoms with E-state index in [0.29, 0.717) is 12.8 Å². The Hall–Kier alpha value is -2.83. The minimum Gasteiger partial charge on any atom is -0.394 e. The molecule has 9 N–H and O–H groups in total. The standard InChI is InChI=1S/C56H95NO13/c1-3-5-7-9-11-13-15-16-17-18-19-20-21-22-23-24-25-26-27-28-30-32-34-36-38-40-48(61)57-44(45(60)39-37-35-33-31-29-14-12-10-8-6-4-2)43-67-55-53(66)51(64)54(47(42-59)69-55)70-56-52(65)50(63)49(62)46(41-58)68-56/h5,7,11,13,16-17,19-20,22-23,25-26,28,30,44-47,49-56,58-60,62-66H,3-4,6,8-10,12,14-15,18,21,24,27,29,31-43H2,1-2H3,(H,57,61)/b7-5-,13-11-,17-16-,20-19-,23-22-,26-25-,30-28-. The second-order valence-electron chi connectivity index (χ2n) is 18.6. The molecule has 70 heavy (non-hydrogen) atoms. The fraction of sp³-hybridized carbons (Fsp3) is 0.732. The summed E-state index contributed by atoms with van der Waals surface area (Å²) in [6.45, 7) is 2.68. The van der Waals surface area contributed by atoms with Gasteiger partial charge in [-0.15, -0.1) is 0 Å². The highest BCUT2D eigenvalue weighted by molar-refractivity contribution is 5.76. The third-order valence-electron chi connectivity index (χ3n) is 12.6. The van der Waals surface area contributed by atoms with Crippen LogP contribution in [-0.4, -0.2) is 140 Å². The number of aliphatic hydroxyl groups is 8. The fourth-order valence-electron chi connectivity index (χ4n) is 8.27. The van der Waals surface area contributed by atoms with E-state index in [9.17, 15) is 45.6 Å². The van der Waals surface area contributed by atoms with Gasteiger partial charge in [0.15, 0.2) is 12.6 Å². The van der Waals surface area contributed by atoms with Crippen LogP contribution in [0.4, 0.5) is 0 Å². The molecule has 2 aliphatic rings. The van der Waals surface area contributed by atoms with Crippen molar-refractivity contribution in [1.29, 1.82) is 0 Å². The van der Waals surface area contributed by atoms with Crippen LogP contribution in [0.3, 0.4) is 0 Å². The van der Waals surface area contributed by atoms with Crippen molar-refractivity contribution >= 4 is 5.91 Å². The van der Waals surface area contributed by atoms with E-state index in [1.165, 1.54) is 44.9 Å². The zero-order valence-corrected chi connectivity index (χ0v) is 42.7. The van der Waals surface area contributed by atoms with Crippen molar-refractivity contribution in [1.82, 2.24) is 5.32 Å². The summed E-state index contributed by atoms with van der Waals surface area (Å²) in [5.74, 6) is -0.244. The Labute approximate surface area is 420 Å². The summed E-state index contributed by atoms with van der Waals surface area (Å²) < 4.78 is 22.7. The minimum atomic E-state index is -1.79. The van der Waals surface area contributed by atoms with Gasteiger partial charge in [-0.2, -0.15) is 0 Å². The number of rotatable bonds is 40. The highest BCUT2D eigenvalue weighted by Gasteiger charge is 2.51. The average molecular weight is 990 g/mol. The molecule has 0 aliphatic carbocycles. The van der Waals surface area contributed by atoms with Crippen molar-refractivity contribution in [2.75, 3.05) is 19.8 Å². The lowest BCUT2D eigenvalue weighted by atomic mass is 9.97. The molecule has 2 saturated heterocycles. The summed E-state index contributed by atoms with van der Waals surface area (Å²) in [6, 6.07) is -0.851. The SMILES string of the molecule is CC/C=C\C/C=C\C/C=C\C/C=C\C/C=C\C/C=C\C/C=C\CCCCCC(=O)NC(COC1OC(CO)C(OC2OC(CO)C(O)C(O)C2O)C(O)C1O)C(O)CCCCCCCCCCCCC. The summed E-state index contributed by atoms with van der Waals surface area (Å²) in [5, 5.41) is 86.9. The number of carbonyl (C=O) groups excluding carboxylic acids is 1. The number of amides is 1. The molecule has 14 nitrogen and oxygen atoms in total. The number of ether oxygens (including phenoxy) is 4. The van der Waals surface area contributed by atoms with Crippen molar-refractivity contribution in [2.45, 2.75) is 242 Å². The maximum Gasteiger partial charge on any atom is 0.220 e. The van der Waals surface area contributed by atoms with Crippen LogP contribution in [0.5, 0.6) is 0 Å². The van der Waals surface area contributed by atoms with Gasteiger partial charge in [0.1, 0.15) is 48.8 Å². The quantitative estimate of drug-likeness (QED) is 0.0212. The van der Waals surface area contributed by atoms with E-state index in [-0.39, 0.29) is 18.9 Å². The highest BCUT2D eigenvalue weighted by Crippen LogP contribution is 2.30. The first kappa shape index (κ1) is 63.3. The number of carbonyl (C=O) groups is 1. The van der Waals surface area contributed by atoms with Gasteiger partial charge in [0.05, 0.1) is 32.0 Å². The van der Waals surface area contributed by atoms with E-state index in [0.717, 1.165) is 89.9 Å². The molecule has 14 heteroatoms. The number of aliphatic hydroxyl groups excluding tert-OH is 8. The molecule has 0 spiro atoms. The Kier molecular flexibility index (Phi) is 37.6. The normalized spacial score (nSPS) is 26.7. The smallest absolute Gasteiger partial charge is 0.220 e. The molecule has 2 heterocycles. The topological polar surface area (TPSA) is 228 Å². The first-order chi connectivity index (χ1) is 34.1. The molecule has 0 aromatic heterocycles. The third kappa shape index (κ3) is 27.8. The molecular formula is C56H95NO13. The highest BCUT2D eigenvalue weighted by atomic mass is 16.7. The molecule has 12 unspecified atom stereocenters. The number of nitrogens with one attached hydrogen (secondary N) is 1. The van der Waals surface area contributed by atoms with Crippen LogP contribution in [0, 0.1) is 0 Å². The lowest BCUT2D eigenvalue weighted by Gasteiger charge is -2.46. The van der Waals surface area contributed by atoms with Gasteiger partial charge in [0.2, 0.25) is 5.91 Å². The van der Waals surface area contributed by atoms with Crippen molar-refractivity contribution in [2.24, 2.45) is 0 Å². The van der Waals surface area contributed by atoms with Gasteiger partial charge in [-0.25, -0.2) is 0 Å².